The maximum atomic E-state index is 12.7. The summed E-state index contributed by atoms with van der Waals surface area (Å²) in [4.78, 5) is 28.0. The highest BCUT2D eigenvalue weighted by atomic mass is 32.1. The fraction of sp³-hybridized carbons (Fsp3) is 0.455. The van der Waals surface area contributed by atoms with Crippen molar-refractivity contribution < 1.29 is 9.59 Å². The van der Waals surface area contributed by atoms with Gasteiger partial charge in [0.05, 0.1) is 12.5 Å². The third-order valence-electron chi connectivity index (χ3n) is 5.17. The first-order valence-corrected chi connectivity index (χ1v) is 10.9. The fourth-order valence-corrected chi connectivity index (χ4v) is 4.17. The Balaban J connectivity index is 1.42. The van der Waals surface area contributed by atoms with Crippen molar-refractivity contribution in [1.29, 1.82) is 0 Å². The Hall–Kier alpha value is -2.34. The van der Waals surface area contributed by atoms with E-state index in [1.165, 1.54) is 5.56 Å². The predicted octanol–water partition coefficient (Wildman–Crippen LogP) is 3.81. The topological polar surface area (TPSA) is 61.4 Å². The van der Waals surface area contributed by atoms with Crippen LogP contribution in [0, 0.1) is 5.92 Å². The molecule has 2 unspecified atom stereocenters. The van der Waals surface area contributed by atoms with Gasteiger partial charge in [-0.05, 0) is 49.6 Å². The highest BCUT2D eigenvalue weighted by Crippen LogP contribution is 2.18. The number of hydrogen-bond donors (Lipinski definition) is 2. The standard InChI is InChI=1S/C22H29N3O2S/c1-17(11-12-18-7-3-2-4-8-18)24-21(26)19-9-5-13-25(16-19)22(27)23-15-20-10-6-14-28-20/h2-4,6-8,10,14,17,19H,5,9,11-13,15-16H2,1H3,(H,23,27)(H,24,26). The smallest absolute Gasteiger partial charge is 0.317 e. The number of hydrogen-bond acceptors (Lipinski definition) is 3. The first-order valence-electron chi connectivity index (χ1n) is 10.0. The minimum absolute atomic E-state index is 0.0660. The molecular weight excluding hydrogens is 370 g/mol. The number of aryl methyl sites for hydroxylation is 1. The zero-order valence-corrected chi connectivity index (χ0v) is 17.2. The van der Waals surface area contributed by atoms with Crippen LogP contribution in [0.2, 0.25) is 0 Å². The summed E-state index contributed by atoms with van der Waals surface area (Å²) in [6.45, 7) is 3.80. The third kappa shape index (κ3) is 6.09. The van der Waals surface area contributed by atoms with Gasteiger partial charge in [0.2, 0.25) is 5.91 Å². The van der Waals surface area contributed by atoms with Gasteiger partial charge in [-0.1, -0.05) is 36.4 Å². The van der Waals surface area contributed by atoms with Crippen LogP contribution in [0.5, 0.6) is 0 Å². The fourth-order valence-electron chi connectivity index (χ4n) is 3.52. The largest absolute Gasteiger partial charge is 0.353 e. The second kappa shape index (κ2) is 10.3. The van der Waals surface area contributed by atoms with Crippen molar-refractivity contribution in [3.05, 3.63) is 58.3 Å². The molecule has 1 aromatic heterocycles. The van der Waals surface area contributed by atoms with Crippen molar-refractivity contribution in [1.82, 2.24) is 15.5 Å². The minimum Gasteiger partial charge on any atom is -0.353 e. The summed E-state index contributed by atoms with van der Waals surface area (Å²) in [6, 6.07) is 14.3. The van der Waals surface area contributed by atoms with Crippen molar-refractivity contribution in [2.45, 2.75) is 45.2 Å². The lowest BCUT2D eigenvalue weighted by atomic mass is 9.96. The normalized spacial score (nSPS) is 17.8. The van der Waals surface area contributed by atoms with Gasteiger partial charge in [0.25, 0.3) is 0 Å². The average Bonchev–Trinajstić information content (AvgIpc) is 3.25. The van der Waals surface area contributed by atoms with Crippen molar-refractivity contribution in [2.24, 2.45) is 5.92 Å². The van der Waals surface area contributed by atoms with E-state index in [-0.39, 0.29) is 23.9 Å². The van der Waals surface area contributed by atoms with Crippen LogP contribution in [0.15, 0.2) is 47.8 Å². The van der Waals surface area contributed by atoms with Gasteiger partial charge in [-0.2, -0.15) is 0 Å². The summed E-state index contributed by atoms with van der Waals surface area (Å²) >= 11 is 1.63. The molecule has 3 rings (SSSR count). The summed E-state index contributed by atoms with van der Waals surface area (Å²) < 4.78 is 0. The highest BCUT2D eigenvalue weighted by Gasteiger charge is 2.28. The Morgan fingerprint density at radius 1 is 1.21 bits per heavy atom. The van der Waals surface area contributed by atoms with Gasteiger partial charge in [0.1, 0.15) is 0 Å². The van der Waals surface area contributed by atoms with Crippen molar-refractivity contribution in [2.75, 3.05) is 13.1 Å². The molecule has 0 radical (unpaired) electrons. The molecule has 3 amide bonds. The molecule has 0 spiro atoms. The molecule has 1 aliphatic heterocycles. The van der Waals surface area contributed by atoms with E-state index < -0.39 is 0 Å². The highest BCUT2D eigenvalue weighted by molar-refractivity contribution is 7.09. The number of likely N-dealkylation sites (tertiary alicyclic amines) is 1. The molecule has 28 heavy (non-hydrogen) atoms. The van der Waals surface area contributed by atoms with E-state index in [1.54, 1.807) is 16.2 Å². The van der Waals surface area contributed by atoms with Gasteiger partial charge in [0, 0.05) is 24.0 Å². The monoisotopic (exact) mass is 399 g/mol. The Labute approximate surface area is 171 Å². The lowest BCUT2D eigenvalue weighted by molar-refractivity contribution is -0.126. The van der Waals surface area contributed by atoms with Crippen molar-refractivity contribution in [3.63, 3.8) is 0 Å². The van der Waals surface area contributed by atoms with Gasteiger partial charge in [0.15, 0.2) is 0 Å². The molecule has 2 aromatic rings. The molecule has 6 heteroatoms. The van der Waals surface area contributed by atoms with Gasteiger partial charge >= 0.3 is 6.03 Å². The number of nitrogens with one attached hydrogen (secondary N) is 2. The predicted molar refractivity (Wildman–Crippen MR) is 113 cm³/mol. The molecule has 1 aromatic carbocycles. The number of benzene rings is 1. The Kier molecular flexibility index (Phi) is 7.48. The van der Waals surface area contributed by atoms with Crippen molar-refractivity contribution >= 4 is 23.3 Å². The Morgan fingerprint density at radius 2 is 2.04 bits per heavy atom. The molecule has 2 heterocycles. The summed E-state index contributed by atoms with van der Waals surface area (Å²) in [7, 11) is 0. The first-order chi connectivity index (χ1) is 13.6. The summed E-state index contributed by atoms with van der Waals surface area (Å²) in [6.07, 6.45) is 3.56. The molecule has 2 N–H and O–H groups in total. The molecule has 150 valence electrons. The average molecular weight is 400 g/mol. The second-order valence-electron chi connectivity index (χ2n) is 7.46. The Morgan fingerprint density at radius 3 is 2.79 bits per heavy atom. The summed E-state index contributed by atoms with van der Waals surface area (Å²) in [5, 5.41) is 8.10. The van der Waals surface area contributed by atoms with E-state index in [4.69, 9.17) is 0 Å². The minimum atomic E-state index is -0.125. The van der Waals surface area contributed by atoms with Crippen LogP contribution in [-0.2, 0) is 17.8 Å². The molecule has 2 atom stereocenters. The zero-order chi connectivity index (χ0) is 19.8. The van der Waals surface area contributed by atoms with Gasteiger partial charge in [-0.3, -0.25) is 4.79 Å². The van der Waals surface area contributed by atoms with Gasteiger partial charge in [-0.25, -0.2) is 4.79 Å². The quantitative estimate of drug-likeness (QED) is 0.744. The Bertz CT molecular complexity index is 748. The number of amides is 3. The SMILES string of the molecule is CC(CCc1ccccc1)NC(=O)C1CCCN(C(=O)NCc2cccs2)C1. The van der Waals surface area contributed by atoms with Crippen LogP contribution in [0.3, 0.4) is 0 Å². The van der Waals surface area contributed by atoms with E-state index in [0.29, 0.717) is 19.6 Å². The number of rotatable bonds is 7. The number of carbonyl (C=O) groups excluding carboxylic acids is 2. The molecule has 0 saturated carbocycles. The van der Waals surface area contributed by atoms with Crippen LogP contribution < -0.4 is 10.6 Å². The number of piperidine rings is 1. The van der Waals surface area contributed by atoms with E-state index in [2.05, 4.69) is 29.7 Å². The van der Waals surface area contributed by atoms with E-state index in [9.17, 15) is 9.59 Å². The number of carbonyl (C=O) groups is 2. The van der Waals surface area contributed by atoms with Gasteiger partial charge in [-0.15, -0.1) is 11.3 Å². The lowest BCUT2D eigenvalue weighted by Crippen LogP contribution is -2.49. The number of thiophene rings is 1. The summed E-state index contributed by atoms with van der Waals surface area (Å²) in [5.41, 5.74) is 1.29. The van der Waals surface area contributed by atoms with E-state index in [1.807, 2.05) is 35.7 Å². The van der Waals surface area contributed by atoms with E-state index >= 15 is 0 Å². The maximum absolute atomic E-state index is 12.7. The van der Waals surface area contributed by atoms with Crippen LogP contribution >= 0.6 is 11.3 Å². The van der Waals surface area contributed by atoms with Gasteiger partial charge < -0.3 is 15.5 Å². The van der Waals surface area contributed by atoms with Crippen molar-refractivity contribution in [3.8, 4) is 0 Å². The molecule has 1 saturated heterocycles. The molecule has 0 aliphatic carbocycles. The molecule has 0 bridgehead atoms. The number of urea groups is 1. The summed E-state index contributed by atoms with van der Waals surface area (Å²) in [5.74, 6) is -0.0586. The second-order valence-corrected chi connectivity index (χ2v) is 8.49. The number of nitrogens with zero attached hydrogens (tertiary/aromatic N) is 1. The molecule has 1 fully saturated rings. The first kappa shape index (κ1) is 20.4. The zero-order valence-electron chi connectivity index (χ0n) is 16.4. The lowest BCUT2D eigenvalue weighted by Gasteiger charge is -2.32. The van der Waals surface area contributed by atoms with Crippen LogP contribution in [0.4, 0.5) is 4.79 Å². The van der Waals surface area contributed by atoms with Crippen LogP contribution in [0.1, 0.15) is 36.6 Å². The maximum Gasteiger partial charge on any atom is 0.317 e. The van der Waals surface area contributed by atoms with E-state index in [0.717, 1.165) is 30.6 Å². The third-order valence-corrected chi connectivity index (χ3v) is 6.05. The van der Waals surface area contributed by atoms with Crippen LogP contribution in [0.25, 0.3) is 0 Å². The van der Waals surface area contributed by atoms with Crippen LogP contribution in [-0.4, -0.2) is 36.0 Å². The molecule has 1 aliphatic rings. The molecular formula is C22H29N3O2S. The molecule has 5 nitrogen and oxygen atoms in total.